The summed E-state index contributed by atoms with van der Waals surface area (Å²) in [6.07, 6.45) is 0.932. The number of aromatic nitrogens is 2. The van der Waals surface area contributed by atoms with E-state index in [0.29, 0.717) is 4.64 Å². The Hall–Kier alpha value is -0.840. The van der Waals surface area contributed by atoms with Gasteiger partial charge in [-0.25, -0.2) is 4.98 Å². The first-order chi connectivity index (χ1) is 8.67. The van der Waals surface area contributed by atoms with Gasteiger partial charge in [-0.15, -0.1) is 11.8 Å². The zero-order chi connectivity index (χ0) is 13.0. The average Bonchev–Trinajstić information content (AvgIpc) is 2.36. The summed E-state index contributed by atoms with van der Waals surface area (Å²) < 4.78 is 0.646. The first-order valence-electron chi connectivity index (χ1n) is 5.65. The van der Waals surface area contributed by atoms with Gasteiger partial charge < -0.3 is 4.98 Å². The maximum Gasteiger partial charge on any atom is 0.130 e. The lowest BCUT2D eigenvalue weighted by molar-refractivity contribution is 0.933. The van der Waals surface area contributed by atoms with Crippen molar-refractivity contribution in [3.63, 3.8) is 0 Å². The molecule has 2 rings (SSSR count). The molecule has 2 nitrogen and oxygen atoms in total. The number of halogens is 1. The third-order valence-electron chi connectivity index (χ3n) is 2.40. The van der Waals surface area contributed by atoms with Gasteiger partial charge in [0.15, 0.2) is 0 Å². The number of hydrogen-bond donors (Lipinski definition) is 1. The minimum Gasteiger partial charge on any atom is -0.346 e. The second-order valence-corrected chi connectivity index (χ2v) is 5.69. The molecule has 5 heteroatoms. The molecule has 0 fully saturated rings. The fraction of sp³-hybridized carbons (Fsp3) is 0.231. The fourth-order valence-corrected chi connectivity index (χ4v) is 2.86. The summed E-state index contributed by atoms with van der Waals surface area (Å²) >= 11 is 12.8. The molecule has 0 saturated heterocycles. The van der Waals surface area contributed by atoms with Crippen LogP contribution in [0.2, 0.25) is 5.02 Å². The zero-order valence-corrected chi connectivity index (χ0v) is 12.3. The van der Waals surface area contributed by atoms with E-state index in [-0.39, 0.29) is 0 Å². The maximum absolute atomic E-state index is 5.95. The van der Waals surface area contributed by atoms with Crippen molar-refractivity contribution in [2.24, 2.45) is 0 Å². The Kier molecular flexibility index (Phi) is 4.80. The predicted molar refractivity (Wildman–Crippen MR) is 79.8 cm³/mol. The minimum atomic E-state index is 0.646. The number of nitrogens with zero attached hydrogens (tertiary/aromatic N) is 1. The van der Waals surface area contributed by atoms with Crippen LogP contribution in [0.15, 0.2) is 35.2 Å². The summed E-state index contributed by atoms with van der Waals surface area (Å²) in [7, 11) is 0. The third kappa shape index (κ3) is 3.83. The van der Waals surface area contributed by atoms with E-state index in [2.05, 4.69) is 16.9 Å². The molecule has 0 aliphatic carbocycles. The highest BCUT2D eigenvalue weighted by molar-refractivity contribution is 7.98. The van der Waals surface area contributed by atoms with Crippen molar-refractivity contribution in [1.29, 1.82) is 0 Å². The number of H-pyrrole nitrogens is 1. The van der Waals surface area contributed by atoms with Gasteiger partial charge in [-0.05, 0) is 30.7 Å². The van der Waals surface area contributed by atoms with E-state index in [1.807, 2.05) is 30.3 Å². The molecule has 1 N–H and O–H groups in total. The topological polar surface area (TPSA) is 28.7 Å². The minimum absolute atomic E-state index is 0.646. The molecule has 94 valence electrons. The summed E-state index contributed by atoms with van der Waals surface area (Å²) in [6, 6.07) is 9.71. The Morgan fingerprint density at radius 1 is 1.39 bits per heavy atom. The Balaban J connectivity index is 2.10. The highest BCUT2D eigenvalue weighted by atomic mass is 35.5. The van der Waals surface area contributed by atoms with Crippen LogP contribution in [-0.2, 0) is 12.2 Å². The summed E-state index contributed by atoms with van der Waals surface area (Å²) in [6.45, 7) is 2.09. The van der Waals surface area contributed by atoms with Gasteiger partial charge in [0.25, 0.3) is 0 Å². The van der Waals surface area contributed by atoms with Gasteiger partial charge in [0.05, 0.1) is 5.75 Å². The van der Waals surface area contributed by atoms with Gasteiger partial charge in [0.2, 0.25) is 0 Å². The quantitative estimate of drug-likeness (QED) is 0.658. The first-order valence-corrected chi connectivity index (χ1v) is 7.42. The lowest BCUT2D eigenvalue weighted by Gasteiger charge is -2.04. The van der Waals surface area contributed by atoms with Crippen molar-refractivity contribution in [1.82, 2.24) is 9.97 Å². The van der Waals surface area contributed by atoms with Crippen LogP contribution >= 0.6 is 35.6 Å². The summed E-state index contributed by atoms with van der Waals surface area (Å²) in [4.78, 5) is 8.74. The van der Waals surface area contributed by atoms with E-state index in [4.69, 9.17) is 23.8 Å². The van der Waals surface area contributed by atoms with Crippen LogP contribution in [0.25, 0.3) is 0 Å². The molecule has 0 amide bonds. The van der Waals surface area contributed by atoms with E-state index in [1.54, 1.807) is 11.8 Å². The number of hydrogen-bond acceptors (Lipinski definition) is 3. The lowest BCUT2D eigenvalue weighted by Crippen LogP contribution is -1.97. The van der Waals surface area contributed by atoms with Gasteiger partial charge >= 0.3 is 0 Å². The maximum atomic E-state index is 5.95. The standard InChI is InChI=1S/C13H13ClN2S2/c1-2-10-7-13(17)16-12(15-10)8-18-11-5-3-4-9(14)6-11/h3-7H,2,8H2,1H3,(H,15,16,17). The van der Waals surface area contributed by atoms with Crippen molar-refractivity contribution < 1.29 is 0 Å². The largest absolute Gasteiger partial charge is 0.346 e. The Bertz CT molecular complexity index is 596. The SMILES string of the molecule is CCc1cc(=S)nc(CSc2cccc(Cl)c2)[nH]1. The van der Waals surface area contributed by atoms with E-state index in [1.165, 1.54) is 0 Å². The molecule has 0 atom stereocenters. The molecule has 0 aliphatic rings. The van der Waals surface area contributed by atoms with Crippen molar-refractivity contribution in [2.45, 2.75) is 24.0 Å². The van der Waals surface area contributed by atoms with E-state index in [0.717, 1.165) is 33.6 Å². The molecule has 1 aromatic carbocycles. The normalized spacial score (nSPS) is 10.6. The highest BCUT2D eigenvalue weighted by Crippen LogP contribution is 2.24. The molecule has 18 heavy (non-hydrogen) atoms. The smallest absolute Gasteiger partial charge is 0.130 e. The zero-order valence-electron chi connectivity index (χ0n) is 9.94. The monoisotopic (exact) mass is 296 g/mol. The Morgan fingerprint density at radius 3 is 2.94 bits per heavy atom. The number of nitrogens with one attached hydrogen (secondary N) is 1. The molecular weight excluding hydrogens is 284 g/mol. The van der Waals surface area contributed by atoms with Crippen LogP contribution in [0.5, 0.6) is 0 Å². The molecule has 1 aromatic heterocycles. The fourth-order valence-electron chi connectivity index (χ4n) is 1.53. The molecule has 1 heterocycles. The van der Waals surface area contributed by atoms with Gasteiger partial charge in [0.1, 0.15) is 10.5 Å². The highest BCUT2D eigenvalue weighted by Gasteiger charge is 2.01. The molecular formula is C13H13ClN2S2. The predicted octanol–water partition coefficient (Wildman–Crippen LogP) is 4.65. The van der Waals surface area contributed by atoms with Gasteiger partial charge in [-0.2, -0.15) is 0 Å². The van der Waals surface area contributed by atoms with Gasteiger partial charge in [0, 0.05) is 15.6 Å². The number of benzene rings is 1. The summed E-state index contributed by atoms with van der Waals surface area (Å²) in [5.74, 6) is 1.67. The van der Waals surface area contributed by atoms with Crippen LogP contribution in [0.1, 0.15) is 18.4 Å². The Labute approximate surface area is 121 Å². The van der Waals surface area contributed by atoms with Crippen molar-refractivity contribution >= 4 is 35.6 Å². The van der Waals surface area contributed by atoms with Crippen molar-refractivity contribution in [2.75, 3.05) is 0 Å². The van der Waals surface area contributed by atoms with E-state index < -0.39 is 0 Å². The van der Waals surface area contributed by atoms with Crippen molar-refractivity contribution in [3.05, 3.63) is 51.5 Å². The van der Waals surface area contributed by atoms with Gasteiger partial charge in [-0.3, -0.25) is 0 Å². The lowest BCUT2D eigenvalue weighted by atomic mass is 10.3. The molecule has 0 bridgehead atoms. The summed E-state index contributed by atoms with van der Waals surface area (Å²) in [5, 5.41) is 0.753. The number of aromatic amines is 1. The number of aryl methyl sites for hydroxylation is 1. The van der Waals surface area contributed by atoms with Crippen LogP contribution < -0.4 is 0 Å². The number of thioether (sulfide) groups is 1. The first kappa shape index (κ1) is 13.6. The average molecular weight is 297 g/mol. The van der Waals surface area contributed by atoms with Crippen molar-refractivity contribution in [3.8, 4) is 0 Å². The second kappa shape index (κ2) is 6.36. The molecule has 0 saturated carbocycles. The molecule has 2 aromatic rings. The number of rotatable bonds is 4. The molecule has 0 unspecified atom stereocenters. The van der Waals surface area contributed by atoms with E-state index in [9.17, 15) is 0 Å². The third-order valence-corrected chi connectivity index (χ3v) is 3.85. The van der Waals surface area contributed by atoms with Crippen LogP contribution in [-0.4, -0.2) is 9.97 Å². The summed E-state index contributed by atoms with van der Waals surface area (Å²) in [5.41, 5.74) is 1.12. The Morgan fingerprint density at radius 2 is 2.22 bits per heavy atom. The van der Waals surface area contributed by atoms with Crippen LogP contribution in [0.3, 0.4) is 0 Å². The molecule has 0 spiro atoms. The van der Waals surface area contributed by atoms with Crippen LogP contribution in [0.4, 0.5) is 0 Å². The molecule has 0 radical (unpaired) electrons. The van der Waals surface area contributed by atoms with E-state index >= 15 is 0 Å². The molecule has 0 aliphatic heterocycles. The second-order valence-electron chi connectivity index (χ2n) is 3.79. The van der Waals surface area contributed by atoms with Crippen LogP contribution in [0, 0.1) is 4.64 Å². The van der Waals surface area contributed by atoms with Gasteiger partial charge in [-0.1, -0.05) is 36.8 Å².